The zero-order valence-electron chi connectivity index (χ0n) is 4.78. The predicted octanol–water partition coefficient (Wildman–Crippen LogP) is -0.205. The maximum atomic E-state index is 10.2. The number of thioether (sulfide) groups is 1. The van der Waals surface area contributed by atoms with Crippen LogP contribution in [0.3, 0.4) is 0 Å². The lowest BCUT2D eigenvalue weighted by atomic mass is 10.1. The summed E-state index contributed by atoms with van der Waals surface area (Å²) in [7, 11) is 0. The number of aliphatic hydroxyl groups excluding tert-OH is 1. The zero-order chi connectivity index (χ0) is 6.85. The summed E-state index contributed by atoms with van der Waals surface area (Å²) >= 11 is 1.49. The molecule has 0 spiro atoms. The highest BCUT2D eigenvalue weighted by atomic mass is 32.2. The van der Waals surface area contributed by atoms with Crippen LogP contribution in [0.15, 0.2) is 0 Å². The second-order valence-electron chi connectivity index (χ2n) is 2.05. The molecule has 0 radical (unpaired) electrons. The van der Waals surface area contributed by atoms with Crippen molar-refractivity contribution < 1.29 is 15.0 Å². The van der Waals surface area contributed by atoms with E-state index in [-0.39, 0.29) is 0 Å². The molecule has 1 fully saturated rings. The molecule has 4 heteroatoms. The minimum absolute atomic E-state index is 0.532. The summed E-state index contributed by atoms with van der Waals surface area (Å²) in [6.07, 6.45) is -0.632. The van der Waals surface area contributed by atoms with E-state index in [1.165, 1.54) is 11.8 Å². The van der Waals surface area contributed by atoms with Gasteiger partial charge in [0.15, 0.2) is 0 Å². The van der Waals surface area contributed by atoms with Crippen molar-refractivity contribution in [2.24, 2.45) is 5.92 Å². The van der Waals surface area contributed by atoms with Gasteiger partial charge in [-0.2, -0.15) is 11.8 Å². The van der Waals surface area contributed by atoms with Gasteiger partial charge in [-0.3, -0.25) is 4.79 Å². The van der Waals surface area contributed by atoms with Gasteiger partial charge in [0.25, 0.3) is 0 Å². The largest absolute Gasteiger partial charge is 0.481 e. The fourth-order valence-electron chi connectivity index (χ4n) is 0.779. The number of carboxylic acids is 1. The smallest absolute Gasteiger partial charge is 0.310 e. The van der Waals surface area contributed by atoms with Gasteiger partial charge in [-0.25, -0.2) is 0 Å². The Morgan fingerprint density at radius 3 is 2.44 bits per heavy atom. The van der Waals surface area contributed by atoms with Crippen LogP contribution >= 0.6 is 11.8 Å². The van der Waals surface area contributed by atoms with E-state index in [1.54, 1.807) is 0 Å². The van der Waals surface area contributed by atoms with E-state index in [9.17, 15) is 4.79 Å². The zero-order valence-corrected chi connectivity index (χ0v) is 5.60. The first kappa shape index (κ1) is 6.89. The van der Waals surface area contributed by atoms with Crippen LogP contribution in [-0.2, 0) is 4.79 Å². The molecule has 1 saturated heterocycles. The molecule has 0 aromatic carbocycles. The van der Waals surface area contributed by atoms with E-state index in [2.05, 4.69) is 0 Å². The van der Waals surface area contributed by atoms with Crippen LogP contribution in [0.4, 0.5) is 0 Å². The summed E-state index contributed by atoms with van der Waals surface area (Å²) in [5.74, 6) is -0.296. The van der Waals surface area contributed by atoms with Crippen LogP contribution in [0.1, 0.15) is 0 Å². The Hall–Kier alpha value is -0.220. The Bertz CT molecular complexity index is 125. The first-order valence-electron chi connectivity index (χ1n) is 2.70. The van der Waals surface area contributed by atoms with Gasteiger partial charge in [-0.05, 0) is 0 Å². The van der Waals surface area contributed by atoms with Crippen molar-refractivity contribution in [1.29, 1.82) is 0 Å². The summed E-state index contributed by atoms with van der Waals surface area (Å²) in [5, 5.41) is 17.4. The number of aliphatic hydroxyl groups is 1. The second-order valence-corrected chi connectivity index (χ2v) is 3.12. The van der Waals surface area contributed by atoms with Crippen LogP contribution in [0.25, 0.3) is 0 Å². The van der Waals surface area contributed by atoms with E-state index in [0.717, 1.165) is 0 Å². The first-order chi connectivity index (χ1) is 4.22. The van der Waals surface area contributed by atoms with Crippen LogP contribution < -0.4 is 0 Å². The monoisotopic (exact) mass is 148 g/mol. The summed E-state index contributed by atoms with van der Waals surface area (Å²) in [5.41, 5.74) is 0. The van der Waals surface area contributed by atoms with Gasteiger partial charge >= 0.3 is 5.97 Å². The Morgan fingerprint density at radius 2 is 2.22 bits per heavy atom. The fraction of sp³-hybridized carbons (Fsp3) is 0.800. The summed E-state index contributed by atoms with van der Waals surface area (Å²) < 4.78 is 0. The highest BCUT2D eigenvalue weighted by Crippen LogP contribution is 2.23. The molecule has 0 unspecified atom stereocenters. The van der Waals surface area contributed by atoms with Gasteiger partial charge in [0.05, 0.1) is 12.0 Å². The third-order valence-corrected chi connectivity index (χ3v) is 2.54. The molecule has 1 aliphatic heterocycles. The maximum Gasteiger partial charge on any atom is 0.310 e. The van der Waals surface area contributed by atoms with E-state index in [0.29, 0.717) is 11.5 Å². The van der Waals surface area contributed by atoms with Crippen LogP contribution in [0, 0.1) is 5.92 Å². The molecule has 0 bridgehead atoms. The molecule has 1 aliphatic rings. The molecule has 2 N–H and O–H groups in total. The van der Waals surface area contributed by atoms with Crippen LogP contribution in [0.5, 0.6) is 0 Å². The van der Waals surface area contributed by atoms with E-state index >= 15 is 0 Å². The normalized spacial score (nSPS) is 34.8. The number of carboxylic acid groups (broad SMARTS) is 1. The van der Waals surface area contributed by atoms with Crippen LogP contribution in [-0.4, -0.2) is 33.8 Å². The van der Waals surface area contributed by atoms with Crippen molar-refractivity contribution in [3.05, 3.63) is 0 Å². The number of aliphatic carboxylic acids is 1. The lowest BCUT2D eigenvalue weighted by Crippen LogP contribution is -2.25. The molecule has 9 heavy (non-hydrogen) atoms. The highest BCUT2D eigenvalue weighted by molar-refractivity contribution is 7.99. The SMILES string of the molecule is O=C(O)[C@H]1CSC[C@@H]1O. The molecule has 52 valence electrons. The number of hydrogen-bond donors (Lipinski definition) is 2. The average Bonchev–Trinajstić information content (AvgIpc) is 2.13. The molecule has 2 atom stereocenters. The van der Waals surface area contributed by atoms with Crippen molar-refractivity contribution in [3.63, 3.8) is 0 Å². The molecule has 1 rings (SSSR count). The van der Waals surface area contributed by atoms with Crippen molar-refractivity contribution >= 4 is 17.7 Å². The Kier molecular flexibility index (Phi) is 1.97. The maximum absolute atomic E-state index is 10.2. The Balaban J connectivity index is 2.49. The minimum atomic E-state index is -0.882. The van der Waals surface area contributed by atoms with Gasteiger partial charge in [0.2, 0.25) is 0 Å². The molecule has 0 aliphatic carbocycles. The van der Waals surface area contributed by atoms with Crippen LogP contribution in [0.2, 0.25) is 0 Å². The predicted molar refractivity (Wildman–Crippen MR) is 34.5 cm³/mol. The topological polar surface area (TPSA) is 57.5 Å². The molecule has 3 nitrogen and oxygen atoms in total. The van der Waals surface area contributed by atoms with Crippen molar-refractivity contribution in [2.75, 3.05) is 11.5 Å². The van der Waals surface area contributed by atoms with Gasteiger partial charge in [-0.15, -0.1) is 0 Å². The fourth-order valence-corrected chi connectivity index (χ4v) is 2.01. The molecule has 0 amide bonds. The van der Waals surface area contributed by atoms with Crippen molar-refractivity contribution in [3.8, 4) is 0 Å². The third kappa shape index (κ3) is 1.37. The highest BCUT2D eigenvalue weighted by Gasteiger charge is 2.31. The summed E-state index contributed by atoms with van der Waals surface area (Å²) in [6, 6.07) is 0. The van der Waals surface area contributed by atoms with E-state index in [4.69, 9.17) is 10.2 Å². The Labute approximate surface area is 57.1 Å². The molecular weight excluding hydrogens is 140 g/mol. The molecule has 0 aromatic heterocycles. The van der Waals surface area contributed by atoms with Gasteiger partial charge in [-0.1, -0.05) is 0 Å². The molecular formula is C5H8O3S. The standard InChI is InChI=1S/C5H8O3S/c6-4-2-9-1-3(4)5(7)8/h3-4,6H,1-2H2,(H,7,8)/t3-,4-/m0/s1. The van der Waals surface area contributed by atoms with Gasteiger partial charge in [0, 0.05) is 11.5 Å². The first-order valence-corrected chi connectivity index (χ1v) is 3.86. The number of rotatable bonds is 1. The summed E-state index contributed by atoms with van der Waals surface area (Å²) in [4.78, 5) is 10.2. The second kappa shape index (κ2) is 2.58. The molecule has 0 aromatic rings. The molecule has 0 saturated carbocycles. The Morgan fingerprint density at radius 1 is 1.56 bits per heavy atom. The lowest BCUT2D eigenvalue weighted by molar-refractivity contribution is -0.143. The minimum Gasteiger partial charge on any atom is -0.481 e. The third-order valence-electron chi connectivity index (χ3n) is 1.37. The number of hydrogen-bond acceptors (Lipinski definition) is 3. The quantitative estimate of drug-likeness (QED) is 0.540. The average molecular weight is 148 g/mol. The van der Waals surface area contributed by atoms with Gasteiger partial charge < -0.3 is 10.2 Å². The number of carbonyl (C=O) groups is 1. The van der Waals surface area contributed by atoms with Gasteiger partial charge in [0.1, 0.15) is 0 Å². The molecule has 1 heterocycles. The lowest BCUT2D eigenvalue weighted by Gasteiger charge is -2.05. The van der Waals surface area contributed by atoms with E-state index in [1.807, 2.05) is 0 Å². The summed E-state index contributed by atoms with van der Waals surface area (Å²) in [6.45, 7) is 0. The van der Waals surface area contributed by atoms with Crippen molar-refractivity contribution in [2.45, 2.75) is 6.10 Å². The van der Waals surface area contributed by atoms with E-state index < -0.39 is 18.0 Å². The van der Waals surface area contributed by atoms with Crippen molar-refractivity contribution in [1.82, 2.24) is 0 Å².